The number of hydrogen-bond acceptors (Lipinski definition) is 7. The average molecular weight is 438 g/mol. The molecule has 0 spiro atoms. The number of thiophene rings is 1. The van der Waals surface area contributed by atoms with Crippen LogP contribution in [0.15, 0.2) is 63.6 Å². The quantitative estimate of drug-likeness (QED) is 0.585. The standard InChI is InChI=1S/C23H23N3O4S/c1-25(14-16-6-7-20-21(12-16)30-10-9-29-20)15-23(27)26-18(22-5-3-11-31-22)13-17(24-26)19-4-2-8-28-19/h2-8,11-12,18H,9-10,13-15H2,1H3. The zero-order chi connectivity index (χ0) is 21.2. The van der Waals surface area contributed by atoms with Gasteiger partial charge in [0.15, 0.2) is 11.5 Å². The number of furan rings is 1. The number of fused-ring (bicyclic) bond motifs is 1. The smallest absolute Gasteiger partial charge is 0.257 e. The van der Waals surface area contributed by atoms with Gasteiger partial charge >= 0.3 is 0 Å². The highest BCUT2D eigenvalue weighted by atomic mass is 32.1. The minimum Gasteiger partial charge on any atom is -0.486 e. The first-order valence-corrected chi connectivity index (χ1v) is 11.1. The third-order valence-corrected chi connectivity index (χ3v) is 6.28. The van der Waals surface area contributed by atoms with E-state index in [0.717, 1.165) is 27.7 Å². The SMILES string of the molecule is CN(CC(=O)N1N=C(c2ccco2)CC1c1cccs1)Cc1ccc2c(c1)OCCO2. The summed E-state index contributed by atoms with van der Waals surface area (Å²) in [6.07, 6.45) is 2.27. The van der Waals surface area contributed by atoms with E-state index in [1.54, 1.807) is 22.6 Å². The van der Waals surface area contributed by atoms with Gasteiger partial charge in [-0.05, 0) is 48.3 Å². The van der Waals surface area contributed by atoms with Crippen LogP contribution < -0.4 is 9.47 Å². The monoisotopic (exact) mass is 437 g/mol. The van der Waals surface area contributed by atoms with Crippen molar-refractivity contribution in [2.24, 2.45) is 5.10 Å². The Morgan fingerprint density at radius 2 is 2.06 bits per heavy atom. The van der Waals surface area contributed by atoms with Gasteiger partial charge < -0.3 is 13.9 Å². The molecule has 0 fully saturated rings. The Hall–Kier alpha value is -3.10. The van der Waals surface area contributed by atoms with E-state index < -0.39 is 0 Å². The molecule has 1 atom stereocenters. The van der Waals surface area contributed by atoms with Crippen molar-refractivity contribution in [3.8, 4) is 11.5 Å². The van der Waals surface area contributed by atoms with Crippen LogP contribution in [0.4, 0.5) is 0 Å². The predicted octanol–water partition coefficient (Wildman–Crippen LogP) is 3.92. The zero-order valence-electron chi connectivity index (χ0n) is 17.2. The van der Waals surface area contributed by atoms with Gasteiger partial charge in [0.25, 0.3) is 5.91 Å². The van der Waals surface area contributed by atoms with Crippen LogP contribution in [0, 0.1) is 0 Å². The molecule has 2 aliphatic heterocycles. The molecule has 2 aliphatic rings. The molecule has 1 amide bonds. The maximum Gasteiger partial charge on any atom is 0.257 e. The van der Waals surface area contributed by atoms with E-state index >= 15 is 0 Å². The van der Waals surface area contributed by atoms with Crippen molar-refractivity contribution in [3.63, 3.8) is 0 Å². The van der Waals surface area contributed by atoms with Crippen molar-refractivity contribution in [1.29, 1.82) is 0 Å². The van der Waals surface area contributed by atoms with Gasteiger partial charge in [-0.25, -0.2) is 5.01 Å². The molecule has 0 saturated heterocycles. The van der Waals surface area contributed by atoms with Crippen LogP contribution in [0.3, 0.4) is 0 Å². The van der Waals surface area contributed by atoms with Crippen molar-refractivity contribution in [2.45, 2.75) is 19.0 Å². The third kappa shape index (κ3) is 4.22. The summed E-state index contributed by atoms with van der Waals surface area (Å²) in [6.45, 7) is 2.00. The number of amides is 1. The molecule has 0 bridgehead atoms. The summed E-state index contributed by atoms with van der Waals surface area (Å²) in [4.78, 5) is 16.3. The first-order valence-electron chi connectivity index (χ1n) is 10.2. The fraction of sp³-hybridized carbons (Fsp3) is 0.304. The lowest BCUT2D eigenvalue weighted by Crippen LogP contribution is -2.36. The average Bonchev–Trinajstić information content (AvgIpc) is 3.54. The largest absolute Gasteiger partial charge is 0.486 e. The van der Waals surface area contributed by atoms with E-state index in [4.69, 9.17) is 13.9 Å². The number of benzene rings is 1. The summed E-state index contributed by atoms with van der Waals surface area (Å²) < 4.78 is 16.8. The summed E-state index contributed by atoms with van der Waals surface area (Å²) >= 11 is 1.64. The lowest BCUT2D eigenvalue weighted by atomic mass is 10.1. The number of nitrogens with zero attached hydrogens (tertiary/aromatic N) is 3. The van der Waals surface area contributed by atoms with Crippen LogP contribution in [-0.2, 0) is 11.3 Å². The van der Waals surface area contributed by atoms with Gasteiger partial charge in [0.1, 0.15) is 24.7 Å². The Bertz CT molecular complexity index is 1080. The molecule has 1 aromatic carbocycles. The number of hydrazone groups is 1. The molecule has 160 valence electrons. The molecule has 7 nitrogen and oxygen atoms in total. The maximum absolute atomic E-state index is 13.2. The second-order valence-corrected chi connectivity index (χ2v) is 8.63. The third-order valence-electron chi connectivity index (χ3n) is 5.31. The van der Waals surface area contributed by atoms with Crippen molar-refractivity contribution >= 4 is 23.0 Å². The van der Waals surface area contributed by atoms with Gasteiger partial charge in [-0.3, -0.25) is 9.69 Å². The lowest BCUT2D eigenvalue weighted by molar-refractivity contribution is -0.134. The molecule has 4 heterocycles. The molecular weight excluding hydrogens is 414 g/mol. The van der Waals surface area contributed by atoms with Gasteiger partial charge in [-0.2, -0.15) is 5.10 Å². The summed E-state index contributed by atoms with van der Waals surface area (Å²) in [5, 5.41) is 8.28. The minimum absolute atomic E-state index is 0.0417. The van der Waals surface area contributed by atoms with E-state index in [1.807, 2.05) is 53.7 Å². The Kier molecular flexibility index (Phi) is 5.48. The highest BCUT2D eigenvalue weighted by molar-refractivity contribution is 7.10. The molecule has 31 heavy (non-hydrogen) atoms. The molecule has 0 radical (unpaired) electrons. The topological polar surface area (TPSA) is 67.5 Å². The number of carbonyl (C=O) groups excluding carboxylic acids is 1. The first-order chi connectivity index (χ1) is 15.2. The Morgan fingerprint density at radius 3 is 2.84 bits per heavy atom. The second kappa shape index (κ2) is 8.56. The second-order valence-electron chi connectivity index (χ2n) is 7.65. The lowest BCUT2D eigenvalue weighted by Gasteiger charge is -2.24. The molecule has 8 heteroatoms. The molecule has 2 aromatic heterocycles. The van der Waals surface area contributed by atoms with Crippen molar-refractivity contribution < 1.29 is 18.7 Å². The van der Waals surface area contributed by atoms with Gasteiger partial charge in [0.05, 0.1) is 18.8 Å². The Labute approximate surface area is 184 Å². The Morgan fingerprint density at radius 1 is 1.19 bits per heavy atom. The predicted molar refractivity (Wildman–Crippen MR) is 118 cm³/mol. The zero-order valence-corrected chi connectivity index (χ0v) is 18.0. The van der Waals surface area contributed by atoms with Crippen LogP contribution in [0.1, 0.15) is 28.7 Å². The number of likely N-dealkylation sites (N-methyl/N-ethyl adjacent to an activating group) is 1. The van der Waals surface area contributed by atoms with E-state index in [9.17, 15) is 4.79 Å². The van der Waals surface area contributed by atoms with Gasteiger partial charge in [-0.1, -0.05) is 12.1 Å². The maximum atomic E-state index is 13.2. The van der Waals surface area contributed by atoms with Crippen molar-refractivity contribution in [2.75, 3.05) is 26.8 Å². The fourth-order valence-corrected chi connectivity index (χ4v) is 4.70. The van der Waals surface area contributed by atoms with E-state index in [2.05, 4.69) is 11.2 Å². The minimum atomic E-state index is -0.102. The van der Waals surface area contributed by atoms with Gasteiger partial charge in [0, 0.05) is 17.8 Å². The fourth-order valence-electron chi connectivity index (χ4n) is 3.89. The molecule has 1 unspecified atom stereocenters. The van der Waals surface area contributed by atoms with Crippen LogP contribution in [0.2, 0.25) is 0 Å². The molecule has 0 saturated carbocycles. The molecule has 0 aliphatic carbocycles. The summed E-state index contributed by atoms with van der Waals surface area (Å²) in [5.74, 6) is 2.19. The molecular formula is C23H23N3O4S. The van der Waals surface area contributed by atoms with E-state index in [0.29, 0.717) is 31.9 Å². The van der Waals surface area contributed by atoms with Crippen LogP contribution >= 0.6 is 11.3 Å². The summed E-state index contributed by atoms with van der Waals surface area (Å²) in [6, 6.07) is 13.6. The first kappa shape index (κ1) is 19.8. The number of hydrogen-bond donors (Lipinski definition) is 0. The van der Waals surface area contributed by atoms with Crippen LogP contribution in [0.25, 0.3) is 0 Å². The highest BCUT2D eigenvalue weighted by Gasteiger charge is 2.34. The Balaban J connectivity index is 1.29. The van der Waals surface area contributed by atoms with Crippen LogP contribution in [0.5, 0.6) is 11.5 Å². The molecule has 0 N–H and O–H groups in total. The number of rotatable bonds is 6. The number of ether oxygens (including phenoxy) is 2. The molecule has 5 rings (SSSR count). The van der Waals surface area contributed by atoms with E-state index in [1.165, 1.54) is 0 Å². The summed E-state index contributed by atoms with van der Waals surface area (Å²) in [7, 11) is 1.93. The van der Waals surface area contributed by atoms with E-state index in [-0.39, 0.29) is 18.5 Å². The van der Waals surface area contributed by atoms with Gasteiger partial charge in [0.2, 0.25) is 0 Å². The molecule has 3 aromatic rings. The highest BCUT2D eigenvalue weighted by Crippen LogP contribution is 2.35. The van der Waals surface area contributed by atoms with Crippen molar-refractivity contribution in [1.82, 2.24) is 9.91 Å². The van der Waals surface area contributed by atoms with Gasteiger partial charge in [-0.15, -0.1) is 11.3 Å². The normalized spacial score (nSPS) is 17.8. The summed E-state index contributed by atoms with van der Waals surface area (Å²) in [5.41, 5.74) is 1.86. The number of carbonyl (C=O) groups is 1. The van der Waals surface area contributed by atoms with Crippen LogP contribution in [-0.4, -0.2) is 48.3 Å². The van der Waals surface area contributed by atoms with Crippen molar-refractivity contribution in [3.05, 3.63) is 70.3 Å².